The highest BCUT2D eigenvalue weighted by Crippen LogP contribution is 2.39. The molecule has 4 aliphatic rings. The molecule has 4 aliphatic heterocycles. The van der Waals surface area contributed by atoms with E-state index in [0.29, 0.717) is 27.7 Å². The minimum Gasteiger partial charge on any atom is -0.464 e. The third-order valence-electron chi connectivity index (χ3n) is 8.12. The number of hydrogen-bond donors (Lipinski definition) is 2. The summed E-state index contributed by atoms with van der Waals surface area (Å²) in [6.45, 7) is 3.89. The number of nitrogens with one attached hydrogen (secondary N) is 1. The van der Waals surface area contributed by atoms with Crippen molar-refractivity contribution in [2.45, 2.75) is 25.3 Å². The van der Waals surface area contributed by atoms with E-state index in [-0.39, 0.29) is 23.7 Å². The third-order valence-corrected chi connectivity index (χ3v) is 9.41. The Morgan fingerprint density at radius 1 is 0.870 bits per heavy atom. The monoisotopic (exact) mass is 663 g/mol. The first-order valence-corrected chi connectivity index (χ1v) is 16.4. The number of thiazole rings is 2. The van der Waals surface area contributed by atoms with Gasteiger partial charge >= 0.3 is 18.0 Å². The summed E-state index contributed by atoms with van der Waals surface area (Å²) in [5.74, 6) is 0.329. The topological polar surface area (TPSA) is 169 Å². The number of methoxy groups -OCH3 is 2. The second kappa shape index (κ2) is 13.7. The van der Waals surface area contributed by atoms with Gasteiger partial charge in [-0.1, -0.05) is 0 Å². The lowest BCUT2D eigenvalue weighted by Crippen LogP contribution is -2.48. The van der Waals surface area contributed by atoms with Crippen molar-refractivity contribution in [3.8, 4) is 0 Å². The number of aromatic nitrogens is 4. The van der Waals surface area contributed by atoms with E-state index in [1.54, 1.807) is 34.8 Å². The quantitative estimate of drug-likeness (QED) is 0.304. The van der Waals surface area contributed by atoms with Gasteiger partial charge in [0.2, 0.25) is 0 Å². The Kier molecular flexibility index (Phi) is 9.25. The highest BCUT2D eigenvalue weighted by atomic mass is 32.1. The van der Waals surface area contributed by atoms with Crippen LogP contribution in [0.15, 0.2) is 47.4 Å². The van der Waals surface area contributed by atoms with Gasteiger partial charge in [0.15, 0.2) is 21.8 Å². The van der Waals surface area contributed by atoms with Crippen molar-refractivity contribution in [1.82, 2.24) is 19.9 Å². The fourth-order valence-corrected chi connectivity index (χ4v) is 6.90. The van der Waals surface area contributed by atoms with E-state index in [2.05, 4.69) is 39.8 Å². The van der Waals surface area contributed by atoms with E-state index < -0.39 is 5.97 Å². The smallest absolute Gasteiger partial charge is 0.356 e. The molecule has 16 heteroatoms. The summed E-state index contributed by atoms with van der Waals surface area (Å²) < 4.78 is 9.42. The number of nitrogens with zero attached hydrogens (tertiary/aromatic N) is 7. The molecule has 4 aromatic heterocycles. The first-order chi connectivity index (χ1) is 22.3. The van der Waals surface area contributed by atoms with Crippen LogP contribution in [0.3, 0.4) is 0 Å². The van der Waals surface area contributed by atoms with Crippen LogP contribution in [0, 0.1) is 5.92 Å². The third kappa shape index (κ3) is 6.57. The van der Waals surface area contributed by atoms with Crippen LogP contribution < -0.4 is 25.8 Å². The molecule has 46 heavy (non-hydrogen) atoms. The number of urea groups is 1. The lowest BCUT2D eigenvalue weighted by molar-refractivity contribution is 0.0585. The summed E-state index contributed by atoms with van der Waals surface area (Å²) in [5, 5.41) is 7.60. The van der Waals surface area contributed by atoms with E-state index in [9.17, 15) is 14.4 Å². The highest BCUT2D eigenvalue weighted by molar-refractivity contribution is 7.13. The van der Waals surface area contributed by atoms with E-state index in [1.807, 2.05) is 17.5 Å². The van der Waals surface area contributed by atoms with Gasteiger partial charge in [-0.25, -0.2) is 34.3 Å². The molecular weight excluding hydrogens is 631 g/mol. The maximum atomic E-state index is 12.8. The summed E-state index contributed by atoms with van der Waals surface area (Å²) in [6, 6.07) is 6.93. The molecule has 14 nitrogen and oxygen atoms in total. The lowest BCUT2D eigenvalue weighted by Gasteiger charge is -2.35. The molecule has 240 valence electrons. The maximum Gasteiger partial charge on any atom is 0.356 e. The van der Waals surface area contributed by atoms with Crippen LogP contribution in [0.1, 0.15) is 39.5 Å². The number of pyridine rings is 2. The number of rotatable bonds is 3. The second-order valence-electron chi connectivity index (χ2n) is 10.9. The Morgan fingerprint density at radius 2 is 1.54 bits per heavy atom. The van der Waals surface area contributed by atoms with E-state index in [0.717, 1.165) is 50.4 Å². The number of fused-ring (bicyclic) bond motifs is 8. The predicted molar refractivity (Wildman–Crippen MR) is 176 cm³/mol. The zero-order valence-corrected chi connectivity index (χ0v) is 26.9. The number of carbonyl (C=O) groups excluding carboxylic acids is 3. The van der Waals surface area contributed by atoms with E-state index in [1.165, 1.54) is 49.0 Å². The van der Waals surface area contributed by atoms with Crippen molar-refractivity contribution in [3.05, 3.63) is 64.5 Å². The summed E-state index contributed by atoms with van der Waals surface area (Å²) in [7, 11) is 2.69. The Bertz CT molecular complexity index is 1700. The first-order valence-electron chi connectivity index (χ1n) is 14.7. The molecule has 4 bridgehead atoms. The number of esters is 2. The molecule has 2 fully saturated rings. The van der Waals surface area contributed by atoms with E-state index >= 15 is 0 Å². The van der Waals surface area contributed by atoms with Crippen molar-refractivity contribution in [1.29, 1.82) is 0 Å². The van der Waals surface area contributed by atoms with Crippen molar-refractivity contribution >= 4 is 68.1 Å². The molecule has 2 saturated heterocycles. The fraction of sp³-hybridized carbons (Fsp3) is 0.367. The maximum absolute atomic E-state index is 12.8. The van der Waals surface area contributed by atoms with Gasteiger partial charge in [-0.05, 0) is 49.4 Å². The fourth-order valence-electron chi connectivity index (χ4n) is 6.00. The van der Waals surface area contributed by atoms with Gasteiger partial charge in [-0.15, -0.1) is 22.7 Å². The van der Waals surface area contributed by atoms with Crippen LogP contribution in [0.25, 0.3) is 0 Å². The van der Waals surface area contributed by atoms with Gasteiger partial charge in [0.05, 0.1) is 37.3 Å². The number of amides is 2. The largest absolute Gasteiger partial charge is 0.464 e. The zero-order chi connectivity index (χ0) is 32.2. The SMILES string of the molecule is COC(=O)c1ccc2c(n1)C[C@H]1CCN2C1.COC(=O)c1ccc2c(n1)N(C(=O)Nc1nccs1)[C@H]1CCN2C1.Nc1nccs1. The average Bonchev–Trinajstić information content (AvgIpc) is 3.91. The van der Waals surface area contributed by atoms with Crippen LogP contribution in [0.4, 0.5) is 32.3 Å². The minimum atomic E-state index is -0.522. The lowest BCUT2D eigenvalue weighted by atomic mass is 9.99. The van der Waals surface area contributed by atoms with Crippen molar-refractivity contribution in [3.63, 3.8) is 0 Å². The Labute approximate surface area is 273 Å². The van der Waals surface area contributed by atoms with Crippen LogP contribution in [-0.4, -0.2) is 84.3 Å². The first kappa shape index (κ1) is 31.2. The number of nitrogen functional groups attached to an aromatic ring is 1. The highest BCUT2D eigenvalue weighted by Gasteiger charge is 2.40. The summed E-state index contributed by atoms with van der Waals surface area (Å²) in [6.07, 6.45) is 6.41. The molecule has 0 aliphatic carbocycles. The van der Waals surface area contributed by atoms with Crippen molar-refractivity contribution in [2.75, 3.05) is 66.1 Å². The second-order valence-corrected chi connectivity index (χ2v) is 12.7. The summed E-state index contributed by atoms with van der Waals surface area (Å²) in [5.41, 5.74) is 8.89. The van der Waals surface area contributed by atoms with Crippen LogP contribution in [0.5, 0.6) is 0 Å². The molecule has 0 saturated carbocycles. The molecule has 8 heterocycles. The summed E-state index contributed by atoms with van der Waals surface area (Å²) >= 11 is 2.80. The molecule has 0 radical (unpaired) electrons. The molecule has 0 spiro atoms. The van der Waals surface area contributed by atoms with Gasteiger partial charge in [0.1, 0.15) is 5.69 Å². The average molecular weight is 664 g/mol. The van der Waals surface area contributed by atoms with Gasteiger partial charge < -0.3 is 25.0 Å². The number of ether oxygens (including phenoxy) is 2. The number of nitrogens with two attached hydrogens (primary N) is 1. The van der Waals surface area contributed by atoms with Crippen molar-refractivity contribution in [2.24, 2.45) is 5.92 Å². The van der Waals surface area contributed by atoms with Crippen LogP contribution in [0.2, 0.25) is 0 Å². The van der Waals surface area contributed by atoms with Crippen molar-refractivity contribution < 1.29 is 23.9 Å². The van der Waals surface area contributed by atoms with Gasteiger partial charge in [-0.2, -0.15) is 0 Å². The van der Waals surface area contributed by atoms with Gasteiger partial charge in [-0.3, -0.25) is 10.2 Å². The number of hydrogen-bond acceptors (Lipinski definition) is 14. The Balaban J connectivity index is 0.000000144. The standard InChI is InChI=1S/C15H15N5O3S.C12H14N2O2.C3H4N2S/c1-23-13(21)10-2-3-11-12(17-10)20(9-4-6-19(11)8-9)15(22)18-14-16-5-7-24-14;1-16-12(15)9-2-3-11-10(13-9)6-8-4-5-14(11)7-8;4-3-5-1-2-6-3/h2-3,5,7,9H,4,6,8H2,1H3,(H,16,18,22);2-3,8H,4-7H2,1H3;1-2H,(H2,4,5)/t9-;8-;/m01./s1. The molecular formula is C30H33N9O5S2. The molecule has 0 unspecified atom stereocenters. The predicted octanol–water partition coefficient (Wildman–Crippen LogP) is 3.93. The zero-order valence-electron chi connectivity index (χ0n) is 25.3. The Morgan fingerprint density at radius 3 is 2.20 bits per heavy atom. The molecule has 2 amide bonds. The van der Waals surface area contributed by atoms with Crippen LogP contribution >= 0.6 is 22.7 Å². The molecule has 3 N–H and O–H groups in total. The normalized spacial score (nSPS) is 18.3. The number of carbonyl (C=O) groups is 3. The minimum absolute atomic E-state index is 0.0258. The van der Waals surface area contributed by atoms with Crippen LogP contribution in [-0.2, 0) is 15.9 Å². The Hall–Kier alpha value is -4.83. The van der Waals surface area contributed by atoms with Gasteiger partial charge in [0, 0.05) is 49.3 Å². The van der Waals surface area contributed by atoms with E-state index in [4.69, 9.17) is 10.5 Å². The molecule has 4 aromatic rings. The van der Waals surface area contributed by atoms with Gasteiger partial charge in [0.25, 0.3) is 0 Å². The molecule has 8 rings (SSSR count). The summed E-state index contributed by atoms with van der Waals surface area (Å²) in [4.78, 5) is 58.7. The molecule has 2 atom stereocenters. The number of anilines is 5. The molecule has 0 aromatic carbocycles.